The van der Waals surface area contributed by atoms with E-state index in [1.807, 2.05) is 11.9 Å². The van der Waals surface area contributed by atoms with Crippen molar-refractivity contribution in [3.63, 3.8) is 0 Å². The van der Waals surface area contributed by atoms with Gasteiger partial charge in [0, 0.05) is 49.2 Å². The molecule has 0 unspecified atom stereocenters. The lowest BCUT2D eigenvalue weighted by Crippen LogP contribution is -2.43. The lowest BCUT2D eigenvalue weighted by atomic mass is 9.95. The number of anilines is 1. The first-order chi connectivity index (χ1) is 20.3. The number of ether oxygens (including phenoxy) is 1. The van der Waals surface area contributed by atoms with E-state index in [-0.39, 0.29) is 46.9 Å². The smallest absolute Gasteiger partial charge is 0.319 e. The monoisotopic (exact) mass is 580 g/mol. The zero-order chi connectivity index (χ0) is 29.2. The second kappa shape index (κ2) is 10.3. The molecule has 1 N–H and O–H groups in total. The fourth-order valence-electron chi connectivity index (χ4n) is 7.23. The number of rotatable bonds is 6. The number of aromatic nitrogens is 3. The second-order valence-electron chi connectivity index (χ2n) is 11.9. The van der Waals surface area contributed by atoms with E-state index in [9.17, 15) is 8.78 Å². The van der Waals surface area contributed by atoms with Gasteiger partial charge >= 0.3 is 6.01 Å². The minimum absolute atomic E-state index is 0.0160. The average Bonchev–Trinajstić information content (AvgIpc) is 3.67. The van der Waals surface area contributed by atoms with Crippen molar-refractivity contribution in [2.45, 2.75) is 56.4 Å². The van der Waals surface area contributed by atoms with Gasteiger partial charge in [0.1, 0.15) is 29.8 Å². The van der Waals surface area contributed by atoms with Gasteiger partial charge in [0.05, 0.1) is 10.9 Å². The summed E-state index contributed by atoms with van der Waals surface area (Å²) in [6.07, 6.45) is 3.58. The minimum atomic E-state index is -1.07. The van der Waals surface area contributed by atoms with Crippen LogP contribution in [0.25, 0.3) is 32.9 Å². The summed E-state index contributed by atoms with van der Waals surface area (Å²) in [5.41, 5.74) is -0.493. The molecule has 0 bridgehead atoms. The molecule has 0 amide bonds. The number of likely N-dealkylation sites (N-methyl/N-ethyl adjacent to an activating group) is 1. The summed E-state index contributed by atoms with van der Waals surface area (Å²) >= 11 is 0. The van der Waals surface area contributed by atoms with Gasteiger partial charge in [-0.25, -0.2) is 17.6 Å². The summed E-state index contributed by atoms with van der Waals surface area (Å²) in [7, 11) is 1.90. The van der Waals surface area contributed by atoms with E-state index in [0.717, 1.165) is 38.4 Å². The fraction of sp³-hybridized carbons (Fsp3) is 0.452. The van der Waals surface area contributed by atoms with Crippen LogP contribution in [0, 0.1) is 17.5 Å². The highest BCUT2D eigenvalue weighted by Crippen LogP contribution is 2.41. The molecule has 5 heterocycles. The predicted molar refractivity (Wildman–Crippen MR) is 153 cm³/mol. The Morgan fingerprint density at radius 3 is 2.81 bits per heavy atom. The summed E-state index contributed by atoms with van der Waals surface area (Å²) in [6, 6.07) is 7.53. The van der Waals surface area contributed by atoms with Gasteiger partial charge < -0.3 is 15.0 Å². The molecule has 11 heteroatoms. The molecule has 3 aliphatic heterocycles. The Kier molecular flexibility index (Phi) is 6.69. The first-order valence-electron chi connectivity index (χ1n) is 14.5. The highest BCUT2D eigenvalue weighted by atomic mass is 19.2. The summed E-state index contributed by atoms with van der Waals surface area (Å²) in [4.78, 5) is 17.7. The lowest BCUT2D eigenvalue weighted by Gasteiger charge is -2.31. The number of halogens is 4. The van der Waals surface area contributed by atoms with Crippen molar-refractivity contribution in [2.24, 2.45) is 0 Å². The number of pyridine rings is 1. The largest absolute Gasteiger partial charge is 0.461 e. The second-order valence-corrected chi connectivity index (χ2v) is 11.9. The molecule has 4 aromatic rings. The number of hydrogen-bond acceptors (Lipinski definition) is 7. The maximum absolute atomic E-state index is 16.5. The van der Waals surface area contributed by atoms with Crippen molar-refractivity contribution < 1.29 is 22.3 Å². The SMILES string of the molecule is C[C@@H]1NCC[C@@H]1N(C)c1nc(OC[C@@]23CCCN2C[C@H](F)C3)nc2c(F)c(-c3cccc4ccc(F)c(F)c34)ncc12. The van der Waals surface area contributed by atoms with Crippen LogP contribution in [0.5, 0.6) is 6.01 Å². The van der Waals surface area contributed by atoms with Crippen LogP contribution in [0.4, 0.5) is 23.4 Å². The van der Waals surface area contributed by atoms with E-state index in [2.05, 4.69) is 27.1 Å². The summed E-state index contributed by atoms with van der Waals surface area (Å²) in [5.74, 6) is -2.42. The molecule has 220 valence electrons. The molecule has 3 fully saturated rings. The van der Waals surface area contributed by atoms with Crippen LogP contribution in [0.2, 0.25) is 0 Å². The standard InChI is InChI=1S/C31H32F4N6O/c1-17-23(9-11-36-17)40(2)29-21-14-37-27(20-6-3-5-18-7-8-22(33)25(34)24(18)20)26(35)28(21)38-30(39-29)42-16-31-10-4-12-41(31)15-19(32)13-31/h3,5-8,14,17,19,23,36H,4,9-13,15-16H2,1-2H3/t17-,19+,23-,31-/m0/s1. The Balaban J connectivity index is 1.36. The van der Waals surface area contributed by atoms with Crippen LogP contribution in [0.1, 0.15) is 32.6 Å². The third-order valence-electron chi connectivity index (χ3n) is 9.38. The van der Waals surface area contributed by atoms with Gasteiger partial charge in [0.25, 0.3) is 0 Å². The van der Waals surface area contributed by atoms with Gasteiger partial charge in [-0.1, -0.05) is 24.3 Å². The van der Waals surface area contributed by atoms with Crippen LogP contribution in [0.3, 0.4) is 0 Å². The molecular weight excluding hydrogens is 548 g/mol. The van der Waals surface area contributed by atoms with E-state index in [4.69, 9.17) is 9.72 Å². The molecular formula is C31H32F4N6O. The molecule has 2 aromatic carbocycles. The molecule has 4 atom stereocenters. The van der Waals surface area contributed by atoms with E-state index in [0.29, 0.717) is 29.6 Å². The van der Waals surface area contributed by atoms with Crippen molar-refractivity contribution >= 4 is 27.5 Å². The van der Waals surface area contributed by atoms with Crippen molar-refractivity contribution in [3.05, 3.63) is 54.0 Å². The zero-order valence-corrected chi connectivity index (χ0v) is 23.5. The number of nitrogens with zero attached hydrogens (tertiary/aromatic N) is 5. The highest BCUT2D eigenvalue weighted by Gasteiger charge is 2.49. The van der Waals surface area contributed by atoms with E-state index in [1.165, 1.54) is 18.3 Å². The number of hydrogen-bond donors (Lipinski definition) is 1. The summed E-state index contributed by atoms with van der Waals surface area (Å²) in [5, 5.41) is 4.17. The first kappa shape index (κ1) is 27.3. The zero-order valence-electron chi connectivity index (χ0n) is 23.5. The summed E-state index contributed by atoms with van der Waals surface area (Å²) in [6.45, 7) is 4.31. The Hall–Kier alpha value is -3.57. The van der Waals surface area contributed by atoms with Crippen LogP contribution in [-0.2, 0) is 0 Å². The van der Waals surface area contributed by atoms with Crippen molar-refractivity contribution in [3.8, 4) is 17.3 Å². The lowest BCUT2D eigenvalue weighted by molar-refractivity contribution is 0.107. The maximum atomic E-state index is 16.5. The molecule has 0 saturated carbocycles. The number of nitrogens with one attached hydrogen (secondary N) is 1. The molecule has 3 saturated heterocycles. The molecule has 42 heavy (non-hydrogen) atoms. The van der Waals surface area contributed by atoms with Crippen LogP contribution < -0.4 is 15.0 Å². The molecule has 7 nitrogen and oxygen atoms in total. The molecule has 0 radical (unpaired) electrons. The van der Waals surface area contributed by atoms with Crippen molar-refractivity contribution in [2.75, 3.05) is 38.2 Å². The number of benzene rings is 2. The first-order valence-corrected chi connectivity index (χ1v) is 14.5. The molecule has 0 spiro atoms. The molecule has 3 aliphatic rings. The highest BCUT2D eigenvalue weighted by molar-refractivity contribution is 5.99. The Bertz CT molecular complexity index is 1690. The molecule has 0 aliphatic carbocycles. The quantitative estimate of drug-likeness (QED) is 0.306. The van der Waals surface area contributed by atoms with Gasteiger partial charge in [-0.3, -0.25) is 9.88 Å². The third kappa shape index (κ3) is 4.36. The molecule has 2 aromatic heterocycles. The Morgan fingerprint density at radius 1 is 1.14 bits per heavy atom. The summed E-state index contributed by atoms with van der Waals surface area (Å²) < 4.78 is 66.3. The predicted octanol–water partition coefficient (Wildman–Crippen LogP) is 5.40. The van der Waals surface area contributed by atoms with E-state index >= 15 is 8.78 Å². The number of fused-ring (bicyclic) bond motifs is 3. The number of alkyl halides is 1. The van der Waals surface area contributed by atoms with Gasteiger partial charge in [-0.05, 0) is 50.7 Å². The van der Waals surface area contributed by atoms with Gasteiger partial charge in [-0.15, -0.1) is 0 Å². The van der Waals surface area contributed by atoms with Crippen LogP contribution in [-0.4, -0.2) is 76.9 Å². The normalized spacial score (nSPS) is 25.9. The topological polar surface area (TPSA) is 66.4 Å². The van der Waals surface area contributed by atoms with E-state index < -0.39 is 29.2 Å². The van der Waals surface area contributed by atoms with Gasteiger partial charge in [0.15, 0.2) is 17.5 Å². The van der Waals surface area contributed by atoms with Gasteiger partial charge in [0.2, 0.25) is 0 Å². The Labute approximate surface area is 240 Å². The third-order valence-corrected chi connectivity index (χ3v) is 9.38. The molecule has 7 rings (SSSR count). The fourth-order valence-corrected chi connectivity index (χ4v) is 7.23. The van der Waals surface area contributed by atoms with Crippen LogP contribution in [0.15, 0.2) is 36.5 Å². The minimum Gasteiger partial charge on any atom is -0.461 e. The average molecular weight is 581 g/mol. The van der Waals surface area contributed by atoms with Crippen molar-refractivity contribution in [1.82, 2.24) is 25.2 Å². The van der Waals surface area contributed by atoms with Crippen molar-refractivity contribution in [1.29, 1.82) is 0 Å². The van der Waals surface area contributed by atoms with Crippen LogP contribution >= 0.6 is 0 Å². The maximum Gasteiger partial charge on any atom is 0.319 e. The van der Waals surface area contributed by atoms with Gasteiger partial charge in [-0.2, -0.15) is 9.97 Å². The van der Waals surface area contributed by atoms with E-state index in [1.54, 1.807) is 12.1 Å². The Morgan fingerprint density at radius 2 is 2.00 bits per heavy atom.